The lowest BCUT2D eigenvalue weighted by atomic mass is 10.0. The molecule has 0 radical (unpaired) electrons. The SMILES string of the molecule is Cn1nc(-c2ccccc2-c2nc3cc(Br)ccc3n2C(C)(C)C)oc1=O. The Kier molecular flexibility index (Phi) is 4.07. The lowest BCUT2D eigenvalue weighted by Gasteiger charge is -2.25. The molecule has 2 heterocycles. The first-order valence-corrected chi connectivity index (χ1v) is 9.37. The fraction of sp³-hybridized carbons (Fsp3) is 0.250. The quantitative estimate of drug-likeness (QED) is 0.470. The molecular formula is C20H19BrN4O2. The van der Waals surface area contributed by atoms with Gasteiger partial charge in [-0.25, -0.2) is 9.78 Å². The Morgan fingerprint density at radius 2 is 1.78 bits per heavy atom. The average Bonchev–Trinajstić information content (AvgIpc) is 3.14. The molecule has 0 spiro atoms. The number of benzene rings is 2. The van der Waals surface area contributed by atoms with Crippen molar-refractivity contribution in [3.8, 4) is 22.8 Å². The summed E-state index contributed by atoms with van der Waals surface area (Å²) in [5.41, 5.74) is 3.33. The molecule has 0 aliphatic rings. The molecule has 138 valence electrons. The molecule has 2 aromatic carbocycles. The van der Waals surface area contributed by atoms with Crippen molar-refractivity contribution < 1.29 is 4.42 Å². The molecule has 0 amide bonds. The number of rotatable bonds is 2. The van der Waals surface area contributed by atoms with Gasteiger partial charge in [0.15, 0.2) is 0 Å². The van der Waals surface area contributed by atoms with Crippen LogP contribution >= 0.6 is 15.9 Å². The predicted molar refractivity (Wildman–Crippen MR) is 109 cm³/mol. The van der Waals surface area contributed by atoms with Crippen LogP contribution < -0.4 is 5.76 Å². The van der Waals surface area contributed by atoms with Gasteiger partial charge in [0.1, 0.15) is 5.82 Å². The van der Waals surface area contributed by atoms with E-state index in [1.165, 1.54) is 4.68 Å². The van der Waals surface area contributed by atoms with Crippen LogP contribution in [0.5, 0.6) is 0 Å². The van der Waals surface area contributed by atoms with Gasteiger partial charge in [0.25, 0.3) is 0 Å². The summed E-state index contributed by atoms with van der Waals surface area (Å²) in [5, 5.41) is 4.22. The summed E-state index contributed by atoms with van der Waals surface area (Å²) in [4.78, 5) is 16.7. The number of aromatic nitrogens is 4. The zero-order valence-electron chi connectivity index (χ0n) is 15.5. The van der Waals surface area contributed by atoms with Crippen molar-refractivity contribution in [1.82, 2.24) is 19.3 Å². The van der Waals surface area contributed by atoms with E-state index >= 15 is 0 Å². The Morgan fingerprint density at radius 1 is 1.07 bits per heavy atom. The Morgan fingerprint density at radius 3 is 2.41 bits per heavy atom. The van der Waals surface area contributed by atoms with E-state index in [0.29, 0.717) is 0 Å². The van der Waals surface area contributed by atoms with Gasteiger partial charge in [0.05, 0.1) is 11.0 Å². The van der Waals surface area contributed by atoms with Crippen molar-refractivity contribution in [2.24, 2.45) is 7.05 Å². The van der Waals surface area contributed by atoms with E-state index in [4.69, 9.17) is 9.40 Å². The van der Waals surface area contributed by atoms with Gasteiger partial charge in [-0.05, 0) is 45.0 Å². The van der Waals surface area contributed by atoms with Gasteiger partial charge in [-0.1, -0.05) is 34.1 Å². The number of imidazole rings is 1. The number of nitrogens with zero attached hydrogens (tertiary/aromatic N) is 4. The summed E-state index contributed by atoms with van der Waals surface area (Å²) in [6.45, 7) is 6.43. The zero-order chi connectivity index (χ0) is 19.3. The Balaban J connectivity index is 2.05. The third-order valence-electron chi connectivity index (χ3n) is 4.37. The molecule has 0 unspecified atom stereocenters. The average molecular weight is 427 g/mol. The maximum absolute atomic E-state index is 11.8. The molecule has 6 nitrogen and oxygen atoms in total. The normalized spacial score (nSPS) is 12.0. The van der Waals surface area contributed by atoms with Gasteiger partial charge in [-0.2, -0.15) is 4.68 Å². The molecule has 0 fully saturated rings. The number of hydrogen-bond acceptors (Lipinski definition) is 4. The second-order valence-corrected chi connectivity index (χ2v) is 8.33. The number of fused-ring (bicyclic) bond motifs is 1. The van der Waals surface area contributed by atoms with Crippen LogP contribution in [0, 0.1) is 0 Å². The first-order valence-electron chi connectivity index (χ1n) is 8.58. The third kappa shape index (κ3) is 3.02. The maximum atomic E-state index is 11.8. The summed E-state index contributed by atoms with van der Waals surface area (Å²) >= 11 is 3.52. The number of aryl methyl sites for hydroxylation is 1. The molecular weight excluding hydrogens is 408 g/mol. The molecule has 0 atom stereocenters. The fourth-order valence-electron chi connectivity index (χ4n) is 3.23. The topological polar surface area (TPSA) is 65.8 Å². The van der Waals surface area contributed by atoms with Gasteiger partial charge in [0.2, 0.25) is 5.89 Å². The summed E-state index contributed by atoms with van der Waals surface area (Å²) in [6.07, 6.45) is 0. The van der Waals surface area contributed by atoms with Crippen LogP contribution in [-0.2, 0) is 12.6 Å². The number of halogens is 1. The highest BCUT2D eigenvalue weighted by Crippen LogP contribution is 2.36. The molecule has 0 saturated heterocycles. The highest BCUT2D eigenvalue weighted by molar-refractivity contribution is 9.10. The van der Waals surface area contributed by atoms with Gasteiger partial charge in [-0.15, -0.1) is 5.10 Å². The minimum Gasteiger partial charge on any atom is -0.388 e. The van der Waals surface area contributed by atoms with Crippen molar-refractivity contribution in [3.05, 3.63) is 57.5 Å². The van der Waals surface area contributed by atoms with Crippen LogP contribution in [0.15, 0.2) is 56.1 Å². The molecule has 0 bridgehead atoms. The van der Waals surface area contributed by atoms with E-state index in [1.54, 1.807) is 7.05 Å². The molecule has 7 heteroatoms. The van der Waals surface area contributed by atoms with E-state index in [-0.39, 0.29) is 11.4 Å². The van der Waals surface area contributed by atoms with Crippen molar-refractivity contribution in [3.63, 3.8) is 0 Å². The summed E-state index contributed by atoms with van der Waals surface area (Å²) < 4.78 is 9.70. The van der Waals surface area contributed by atoms with E-state index in [0.717, 1.165) is 32.5 Å². The van der Waals surface area contributed by atoms with E-state index < -0.39 is 5.76 Å². The predicted octanol–water partition coefficient (Wildman–Crippen LogP) is 4.57. The van der Waals surface area contributed by atoms with Crippen molar-refractivity contribution in [2.75, 3.05) is 0 Å². The summed E-state index contributed by atoms with van der Waals surface area (Å²) in [5.74, 6) is 0.597. The van der Waals surface area contributed by atoms with E-state index in [2.05, 4.69) is 52.4 Å². The van der Waals surface area contributed by atoms with Crippen LogP contribution in [0.3, 0.4) is 0 Å². The molecule has 27 heavy (non-hydrogen) atoms. The number of hydrogen-bond donors (Lipinski definition) is 0. The molecule has 4 rings (SSSR count). The Labute approximate surface area is 164 Å². The highest BCUT2D eigenvalue weighted by Gasteiger charge is 2.25. The molecule has 0 aliphatic heterocycles. The van der Waals surface area contributed by atoms with Crippen LogP contribution in [0.2, 0.25) is 0 Å². The standard InChI is InChI=1S/C20H19BrN4O2/c1-20(2,3)25-16-10-9-12(21)11-15(16)22-17(25)13-7-5-6-8-14(13)18-23-24(4)19(26)27-18/h5-11H,1-4H3. The summed E-state index contributed by atoms with van der Waals surface area (Å²) in [7, 11) is 1.57. The highest BCUT2D eigenvalue weighted by atomic mass is 79.9. The summed E-state index contributed by atoms with van der Waals surface area (Å²) in [6, 6.07) is 13.8. The van der Waals surface area contributed by atoms with Gasteiger partial charge in [0, 0.05) is 28.2 Å². The van der Waals surface area contributed by atoms with Gasteiger partial charge in [-0.3, -0.25) is 0 Å². The Bertz CT molecular complexity index is 1210. The molecule has 4 aromatic rings. The lowest BCUT2D eigenvalue weighted by Crippen LogP contribution is -2.22. The minimum atomic E-state index is -0.493. The van der Waals surface area contributed by atoms with Crippen LogP contribution in [0.1, 0.15) is 20.8 Å². The largest absolute Gasteiger partial charge is 0.437 e. The van der Waals surface area contributed by atoms with Crippen LogP contribution in [0.4, 0.5) is 0 Å². The molecule has 0 saturated carbocycles. The molecule has 0 aliphatic carbocycles. The van der Waals surface area contributed by atoms with E-state index in [9.17, 15) is 4.79 Å². The second-order valence-electron chi connectivity index (χ2n) is 7.42. The third-order valence-corrected chi connectivity index (χ3v) is 4.87. The van der Waals surface area contributed by atoms with Crippen molar-refractivity contribution >= 4 is 27.0 Å². The minimum absolute atomic E-state index is 0.198. The molecule has 2 aromatic heterocycles. The van der Waals surface area contributed by atoms with Crippen molar-refractivity contribution in [2.45, 2.75) is 26.3 Å². The van der Waals surface area contributed by atoms with E-state index in [1.807, 2.05) is 36.4 Å². The smallest absolute Gasteiger partial charge is 0.388 e. The lowest BCUT2D eigenvalue weighted by molar-refractivity contribution is 0.413. The second kappa shape index (κ2) is 6.20. The van der Waals surface area contributed by atoms with Crippen LogP contribution in [-0.4, -0.2) is 19.3 Å². The zero-order valence-corrected chi connectivity index (χ0v) is 17.1. The molecule has 0 N–H and O–H groups in total. The van der Waals surface area contributed by atoms with Gasteiger partial charge >= 0.3 is 5.76 Å². The first-order chi connectivity index (χ1) is 12.8. The Hall–Kier alpha value is -2.67. The van der Waals surface area contributed by atoms with Crippen LogP contribution in [0.25, 0.3) is 33.9 Å². The van der Waals surface area contributed by atoms with Gasteiger partial charge < -0.3 is 8.98 Å². The maximum Gasteiger partial charge on any atom is 0.437 e. The fourth-order valence-corrected chi connectivity index (χ4v) is 3.58. The monoisotopic (exact) mass is 426 g/mol. The first kappa shape index (κ1) is 17.7. The van der Waals surface area contributed by atoms with Crippen molar-refractivity contribution in [1.29, 1.82) is 0 Å².